The number of rotatable bonds is 6. The Balaban J connectivity index is 1.30. The van der Waals surface area contributed by atoms with Crippen molar-refractivity contribution in [2.24, 2.45) is 11.7 Å². The first-order valence-corrected chi connectivity index (χ1v) is 9.38. The second kappa shape index (κ2) is 8.27. The third-order valence-corrected chi connectivity index (χ3v) is 4.94. The van der Waals surface area contributed by atoms with Gasteiger partial charge in [-0.3, -0.25) is 14.5 Å². The molecule has 0 saturated carbocycles. The van der Waals surface area contributed by atoms with E-state index in [9.17, 15) is 9.59 Å². The zero-order chi connectivity index (χ0) is 20.2. The number of likely N-dealkylation sites (tertiary alicyclic amines) is 1. The summed E-state index contributed by atoms with van der Waals surface area (Å²) in [6.07, 6.45) is 3.08. The number of carbonyl (C=O) groups excluding carboxylic acids is 2. The predicted molar refractivity (Wildman–Crippen MR) is 104 cm³/mol. The highest BCUT2D eigenvalue weighted by atomic mass is 16.5. The lowest BCUT2D eigenvalue weighted by molar-refractivity contribution is -0.121. The fourth-order valence-electron chi connectivity index (χ4n) is 3.41. The Hall–Kier alpha value is -3.46. The molecule has 2 amide bonds. The minimum atomic E-state index is -0.741. The molecule has 0 spiro atoms. The minimum absolute atomic E-state index is 0.0109. The van der Waals surface area contributed by atoms with Crippen LogP contribution in [0, 0.1) is 5.92 Å². The Bertz CT molecular complexity index is 990. The van der Waals surface area contributed by atoms with E-state index in [1.807, 2.05) is 36.4 Å². The Morgan fingerprint density at radius 2 is 2.03 bits per heavy atom. The number of benzene rings is 1. The van der Waals surface area contributed by atoms with Gasteiger partial charge in [-0.25, -0.2) is 0 Å². The van der Waals surface area contributed by atoms with Crippen molar-refractivity contribution in [2.75, 3.05) is 18.4 Å². The van der Waals surface area contributed by atoms with Gasteiger partial charge in [0, 0.05) is 17.2 Å². The highest BCUT2D eigenvalue weighted by Gasteiger charge is 2.26. The minimum Gasteiger partial charge on any atom is -0.464 e. The van der Waals surface area contributed by atoms with Crippen molar-refractivity contribution in [1.29, 1.82) is 0 Å². The molecule has 29 heavy (non-hydrogen) atoms. The van der Waals surface area contributed by atoms with E-state index in [0.717, 1.165) is 42.9 Å². The van der Waals surface area contributed by atoms with Crippen LogP contribution in [0.15, 0.2) is 51.6 Å². The van der Waals surface area contributed by atoms with E-state index in [0.29, 0.717) is 12.4 Å². The second-order valence-electron chi connectivity index (χ2n) is 6.98. The monoisotopic (exact) mass is 395 g/mol. The van der Waals surface area contributed by atoms with Crippen LogP contribution in [-0.2, 0) is 11.3 Å². The Morgan fingerprint density at radius 1 is 1.21 bits per heavy atom. The molecule has 0 unspecified atom stereocenters. The molecule has 1 aliphatic heterocycles. The quantitative estimate of drug-likeness (QED) is 0.655. The largest absolute Gasteiger partial charge is 0.464 e. The fourth-order valence-corrected chi connectivity index (χ4v) is 3.41. The zero-order valence-electron chi connectivity index (χ0n) is 15.7. The molecule has 3 heterocycles. The van der Waals surface area contributed by atoms with Gasteiger partial charge in [-0.2, -0.15) is 4.98 Å². The first kappa shape index (κ1) is 18.9. The fraction of sp³-hybridized carbons (Fsp3) is 0.300. The Kier molecular flexibility index (Phi) is 5.39. The summed E-state index contributed by atoms with van der Waals surface area (Å²) in [7, 11) is 0. The van der Waals surface area contributed by atoms with E-state index in [-0.39, 0.29) is 17.7 Å². The van der Waals surface area contributed by atoms with Crippen LogP contribution < -0.4 is 11.1 Å². The van der Waals surface area contributed by atoms with Crippen molar-refractivity contribution < 1.29 is 18.5 Å². The summed E-state index contributed by atoms with van der Waals surface area (Å²) in [6, 6.07) is 11.3. The number of furan rings is 1. The van der Waals surface area contributed by atoms with Crippen LogP contribution in [0.2, 0.25) is 0 Å². The molecule has 3 N–H and O–H groups in total. The van der Waals surface area contributed by atoms with E-state index in [1.54, 1.807) is 6.26 Å². The topological polar surface area (TPSA) is 127 Å². The van der Waals surface area contributed by atoms with Crippen molar-refractivity contribution in [3.8, 4) is 11.3 Å². The molecule has 150 valence electrons. The summed E-state index contributed by atoms with van der Waals surface area (Å²) < 4.78 is 10.2. The van der Waals surface area contributed by atoms with Gasteiger partial charge in [-0.1, -0.05) is 17.3 Å². The predicted octanol–water partition coefficient (Wildman–Crippen LogP) is 2.28. The number of aromatic nitrogens is 2. The number of primary amides is 1. The van der Waals surface area contributed by atoms with Crippen molar-refractivity contribution in [1.82, 2.24) is 15.0 Å². The third-order valence-electron chi connectivity index (χ3n) is 4.94. The normalized spacial score (nSPS) is 15.3. The SMILES string of the molecule is NC(=O)c1nc(CN2CCC(C(=O)Nc3cccc(-c4ccco4)c3)CC2)no1. The molecule has 0 radical (unpaired) electrons. The molecule has 0 bridgehead atoms. The van der Waals surface area contributed by atoms with Crippen LogP contribution in [0.4, 0.5) is 5.69 Å². The number of nitrogens with two attached hydrogens (primary N) is 1. The van der Waals surface area contributed by atoms with Gasteiger partial charge in [-0.15, -0.1) is 0 Å². The standard InChI is InChI=1S/C20H21N5O4/c21-18(26)20-23-17(24-29-20)12-25-8-6-13(7-9-25)19(27)22-15-4-1-3-14(11-15)16-5-2-10-28-16/h1-5,10-11,13H,6-9,12H2,(H2,21,26)(H,22,27). The Labute approximate surface area is 166 Å². The molecule has 1 saturated heterocycles. The van der Waals surface area contributed by atoms with Gasteiger partial charge in [0.15, 0.2) is 5.82 Å². The summed E-state index contributed by atoms with van der Waals surface area (Å²) in [5.74, 6) is 0.190. The molecule has 1 aliphatic rings. The molecule has 1 fully saturated rings. The van der Waals surface area contributed by atoms with Crippen LogP contribution in [0.5, 0.6) is 0 Å². The molecule has 1 aromatic carbocycles. The zero-order valence-corrected chi connectivity index (χ0v) is 15.7. The molecule has 9 nitrogen and oxygen atoms in total. The summed E-state index contributed by atoms with van der Waals surface area (Å²) in [4.78, 5) is 29.8. The lowest BCUT2D eigenvalue weighted by atomic mass is 9.95. The van der Waals surface area contributed by atoms with Crippen molar-refractivity contribution in [3.05, 3.63) is 54.4 Å². The molecule has 0 aliphatic carbocycles. The average Bonchev–Trinajstić information content (AvgIpc) is 3.41. The van der Waals surface area contributed by atoms with Crippen LogP contribution in [0.3, 0.4) is 0 Å². The number of nitrogens with one attached hydrogen (secondary N) is 1. The highest BCUT2D eigenvalue weighted by molar-refractivity contribution is 5.93. The van der Waals surface area contributed by atoms with Crippen molar-refractivity contribution in [3.63, 3.8) is 0 Å². The lowest BCUT2D eigenvalue weighted by Crippen LogP contribution is -2.38. The Morgan fingerprint density at radius 3 is 2.72 bits per heavy atom. The van der Waals surface area contributed by atoms with E-state index < -0.39 is 5.91 Å². The van der Waals surface area contributed by atoms with Crippen LogP contribution >= 0.6 is 0 Å². The van der Waals surface area contributed by atoms with E-state index in [2.05, 4.69) is 20.4 Å². The summed E-state index contributed by atoms with van der Waals surface area (Å²) in [5.41, 5.74) is 6.78. The molecule has 9 heteroatoms. The molecular formula is C20H21N5O4. The summed E-state index contributed by atoms with van der Waals surface area (Å²) in [6.45, 7) is 1.91. The smallest absolute Gasteiger partial charge is 0.315 e. The van der Waals surface area contributed by atoms with Crippen LogP contribution in [0.25, 0.3) is 11.3 Å². The number of anilines is 1. The lowest BCUT2D eigenvalue weighted by Gasteiger charge is -2.30. The third kappa shape index (κ3) is 4.52. The van der Waals surface area contributed by atoms with Crippen molar-refractivity contribution in [2.45, 2.75) is 19.4 Å². The highest BCUT2D eigenvalue weighted by Crippen LogP contribution is 2.25. The maximum atomic E-state index is 12.7. The van der Waals surface area contributed by atoms with Gasteiger partial charge in [-0.05, 0) is 50.2 Å². The average molecular weight is 395 g/mol. The maximum absolute atomic E-state index is 12.7. The van der Waals surface area contributed by atoms with Gasteiger partial charge in [0.2, 0.25) is 5.91 Å². The molecule has 2 aromatic heterocycles. The van der Waals surface area contributed by atoms with Gasteiger partial charge < -0.3 is 20.0 Å². The van der Waals surface area contributed by atoms with E-state index >= 15 is 0 Å². The number of amides is 2. The molecular weight excluding hydrogens is 374 g/mol. The van der Waals surface area contributed by atoms with Gasteiger partial charge in [0.25, 0.3) is 0 Å². The number of hydrogen-bond acceptors (Lipinski definition) is 7. The number of hydrogen-bond donors (Lipinski definition) is 2. The summed E-state index contributed by atoms with van der Waals surface area (Å²) in [5, 5.41) is 6.76. The molecule has 0 atom stereocenters. The maximum Gasteiger partial charge on any atom is 0.315 e. The van der Waals surface area contributed by atoms with Gasteiger partial charge in [0.1, 0.15) is 5.76 Å². The van der Waals surface area contributed by atoms with Gasteiger partial charge >= 0.3 is 11.8 Å². The number of carbonyl (C=O) groups is 2. The molecule has 4 rings (SSSR count). The second-order valence-corrected chi connectivity index (χ2v) is 6.98. The van der Waals surface area contributed by atoms with Gasteiger partial charge in [0.05, 0.1) is 12.8 Å². The first-order chi connectivity index (χ1) is 14.1. The van der Waals surface area contributed by atoms with Crippen LogP contribution in [0.1, 0.15) is 29.4 Å². The van der Waals surface area contributed by atoms with Crippen molar-refractivity contribution >= 4 is 17.5 Å². The first-order valence-electron chi connectivity index (χ1n) is 9.38. The number of piperidine rings is 1. The van der Waals surface area contributed by atoms with E-state index in [1.165, 1.54) is 0 Å². The molecule has 3 aromatic rings. The summed E-state index contributed by atoms with van der Waals surface area (Å²) >= 11 is 0. The van der Waals surface area contributed by atoms with Crippen LogP contribution in [-0.4, -0.2) is 39.9 Å². The van der Waals surface area contributed by atoms with E-state index in [4.69, 9.17) is 14.7 Å². The number of nitrogens with zero attached hydrogens (tertiary/aromatic N) is 3.